The first-order valence-corrected chi connectivity index (χ1v) is 18.5. The molecule has 5 aliphatic rings. The van der Waals surface area contributed by atoms with Gasteiger partial charge in [0.05, 0.1) is 12.0 Å². The van der Waals surface area contributed by atoms with Crippen LogP contribution in [0.5, 0.6) is 0 Å². The van der Waals surface area contributed by atoms with Gasteiger partial charge in [-0.3, -0.25) is 19.3 Å². The number of rotatable bonds is 6. The quantitative estimate of drug-likeness (QED) is 0.445. The molecule has 4 heterocycles. The topological polar surface area (TPSA) is 76.6 Å². The van der Waals surface area contributed by atoms with Crippen molar-refractivity contribution < 1.29 is 19.1 Å². The summed E-state index contributed by atoms with van der Waals surface area (Å²) in [5, 5.41) is 0.677. The van der Waals surface area contributed by atoms with Crippen LogP contribution in [0.4, 0.5) is 0 Å². The Balaban J connectivity index is 1.32. The van der Waals surface area contributed by atoms with Gasteiger partial charge < -0.3 is 24.3 Å². The maximum absolute atomic E-state index is 15.0. The molecule has 0 bridgehead atoms. The largest absolute Gasteiger partial charge is 0.368 e. The molecule has 5 atom stereocenters. The number of hydrogen-bond acceptors (Lipinski definition) is 6. The Morgan fingerprint density at radius 1 is 0.872 bits per heavy atom. The van der Waals surface area contributed by atoms with Gasteiger partial charge in [-0.05, 0) is 96.4 Å². The summed E-state index contributed by atoms with van der Waals surface area (Å²) >= 11 is 6.28. The van der Waals surface area contributed by atoms with E-state index in [0.29, 0.717) is 50.1 Å². The highest BCUT2D eigenvalue weighted by atomic mass is 35.5. The molecule has 5 fully saturated rings. The molecule has 1 aliphatic carbocycles. The molecule has 6 rings (SSSR count). The van der Waals surface area contributed by atoms with Crippen LogP contribution in [0.1, 0.15) is 84.1 Å². The number of ether oxygens (including phenoxy) is 1. The second-order valence-corrected chi connectivity index (χ2v) is 16.5. The molecule has 1 unspecified atom stereocenters. The zero-order valence-electron chi connectivity index (χ0n) is 29.2. The van der Waals surface area contributed by atoms with Crippen LogP contribution >= 0.6 is 11.6 Å². The fraction of sp³-hybridized carbons (Fsp3) is 0.757. The van der Waals surface area contributed by atoms with Gasteiger partial charge in [0.15, 0.2) is 0 Å². The molecule has 0 aromatic heterocycles. The number of amides is 3. The summed E-state index contributed by atoms with van der Waals surface area (Å²) in [6.07, 6.45) is 5.80. The summed E-state index contributed by atoms with van der Waals surface area (Å²) in [4.78, 5) is 54.3. The van der Waals surface area contributed by atoms with Gasteiger partial charge >= 0.3 is 0 Å². The van der Waals surface area contributed by atoms with Crippen molar-refractivity contribution in [2.24, 2.45) is 11.8 Å². The van der Waals surface area contributed by atoms with Crippen LogP contribution in [0.15, 0.2) is 24.3 Å². The molecule has 4 aliphatic heterocycles. The van der Waals surface area contributed by atoms with Crippen molar-refractivity contribution in [1.82, 2.24) is 24.5 Å². The molecule has 0 N–H and O–H groups in total. The smallest absolute Gasteiger partial charge is 0.252 e. The van der Waals surface area contributed by atoms with Gasteiger partial charge in [-0.2, -0.15) is 0 Å². The fourth-order valence-electron chi connectivity index (χ4n) is 8.71. The number of carbonyl (C=O) groups excluding carboxylic acids is 3. The Bertz CT molecular complexity index is 1260. The van der Waals surface area contributed by atoms with Crippen molar-refractivity contribution in [3.63, 3.8) is 0 Å². The van der Waals surface area contributed by atoms with Crippen LogP contribution in [0.2, 0.25) is 5.02 Å². The fourth-order valence-corrected chi connectivity index (χ4v) is 8.84. The maximum Gasteiger partial charge on any atom is 0.252 e. The van der Waals surface area contributed by atoms with Gasteiger partial charge in [-0.15, -0.1) is 0 Å². The molecular weight excluding hydrogens is 614 g/mol. The van der Waals surface area contributed by atoms with Crippen molar-refractivity contribution >= 4 is 29.3 Å². The lowest BCUT2D eigenvalue weighted by Gasteiger charge is -2.41. The number of nitrogens with zero attached hydrogens (tertiary/aromatic N) is 5. The number of hydrogen-bond donors (Lipinski definition) is 0. The van der Waals surface area contributed by atoms with E-state index in [1.165, 1.54) is 0 Å². The Hall–Kier alpha value is -2.20. The van der Waals surface area contributed by atoms with Crippen LogP contribution in [0, 0.1) is 11.8 Å². The average Bonchev–Trinajstić information content (AvgIpc) is 3.83. The van der Waals surface area contributed by atoms with E-state index in [-0.39, 0.29) is 47.2 Å². The predicted octanol–water partition coefficient (Wildman–Crippen LogP) is 4.48. The number of likely N-dealkylation sites (tertiary alicyclic amines) is 2. The van der Waals surface area contributed by atoms with E-state index in [1.807, 2.05) is 34.1 Å². The van der Waals surface area contributed by atoms with Gasteiger partial charge in [0.1, 0.15) is 12.1 Å². The lowest BCUT2D eigenvalue weighted by atomic mass is 9.85. The van der Waals surface area contributed by atoms with Crippen LogP contribution < -0.4 is 0 Å². The molecular formula is C37H56ClN5O4. The van der Waals surface area contributed by atoms with E-state index < -0.39 is 12.1 Å². The summed E-state index contributed by atoms with van der Waals surface area (Å²) < 4.78 is 5.95. The SMILES string of the molecule is CC1CCC(N(C(=O)C2CCCO2)[C@H]2C[C@@H](C(=O)N3CCN(C)CC3)N(C(=O)[C@H]3CN(C(C)(C)C)C[C@H]3c3ccc(Cl)cc3)C2)CC1. The summed E-state index contributed by atoms with van der Waals surface area (Å²) in [5.74, 6) is 0.470. The number of halogens is 1. The summed E-state index contributed by atoms with van der Waals surface area (Å²) in [6, 6.07) is 7.24. The summed E-state index contributed by atoms with van der Waals surface area (Å²) in [6.45, 7) is 14.3. The highest BCUT2D eigenvalue weighted by molar-refractivity contribution is 6.30. The minimum Gasteiger partial charge on any atom is -0.368 e. The van der Waals surface area contributed by atoms with E-state index in [0.717, 1.165) is 63.7 Å². The van der Waals surface area contributed by atoms with E-state index in [1.54, 1.807) is 0 Å². The normalized spacial score (nSPS) is 32.6. The van der Waals surface area contributed by atoms with Gasteiger partial charge in [0.2, 0.25) is 11.8 Å². The number of likely N-dealkylation sites (N-methyl/N-ethyl adjacent to an activating group) is 1. The van der Waals surface area contributed by atoms with E-state index >= 15 is 4.79 Å². The Morgan fingerprint density at radius 2 is 1.55 bits per heavy atom. The first-order chi connectivity index (χ1) is 22.4. The minimum absolute atomic E-state index is 0.0121. The lowest BCUT2D eigenvalue weighted by Crippen LogP contribution is -2.54. The minimum atomic E-state index is -0.576. The first-order valence-electron chi connectivity index (χ1n) is 18.1. The Kier molecular flexibility index (Phi) is 10.6. The second-order valence-electron chi connectivity index (χ2n) is 16.0. The third-order valence-electron chi connectivity index (χ3n) is 11.8. The Morgan fingerprint density at radius 3 is 2.17 bits per heavy atom. The van der Waals surface area contributed by atoms with Crippen molar-refractivity contribution in [1.29, 1.82) is 0 Å². The summed E-state index contributed by atoms with van der Waals surface area (Å²) in [7, 11) is 2.08. The molecule has 1 aromatic carbocycles. The number of benzene rings is 1. The van der Waals surface area contributed by atoms with E-state index in [4.69, 9.17) is 16.3 Å². The highest BCUT2D eigenvalue weighted by Gasteiger charge is 2.51. The molecule has 260 valence electrons. The van der Waals surface area contributed by atoms with Gasteiger partial charge in [0, 0.05) is 74.9 Å². The highest BCUT2D eigenvalue weighted by Crippen LogP contribution is 2.40. The van der Waals surface area contributed by atoms with Crippen LogP contribution in [0.3, 0.4) is 0 Å². The monoisotopic (exact) mass is 669 g/mol. The van der Waals surface area contributed by atoms with Crippen molar-refractivity contribution in [2.75, 3.05) is 59.5 Å². The molecule has 0 radical (unpaired) electrons. The lowest BCUT2D eigenvalue weighted by molar-refractivity contribution is -0.148. The predicted molar refractivity (Wildman–Crippen MR) is 184 cm³/mol. The average molecular weight is 670 g/mol. The number of carbonyl (C=O) groups is 3. The summed E-state index contributed by atoms with van der Waals surface area (Å²) in [5.41, 5.74) is 0.994. The van der Waals surface area contributed by atoms with E-state index in [9.17, 15) is 9.59 Å². The van der Waals surface area contributed by atoms with E-state index in [2.05, 4.69) is 49.4 Å². The van der Waals surface area contributed by atoms with Crippen molar-refractivity contribution in [3.8, 4) is 0 Å². The first kappa shape index (κ1) is 34.7. The molecule has 0 spiro atoms. The van der Waals surface area contributed by atoms with Crippen molar-refractivity contribution in [2.45, 2.75) is 108 Å². The molecule has 3 amide bonds. The van der Waals surface area contributed by atoms with Crippen LogP contribution in [-0.2, 0) is 19.1 Å². The van der Waals surface area contributed by atoms with Gasteiger partial charge in [-0.25, -0.2) is 0 Å². The second kappa shape index (κ2) is 14.3. The molecule has 9 nitrogen and oxygen atoms in total. The standard InChI is InChI=1S/C37H56ClN5O4/c1-25-8-14-28(15-9-25)43(36(46)33-7-6-20-47-33)29-21-32(35(45)40-18-16-39(5)17-19-40)42(22-29)34(44)31-24-41(37(2,3)4)23-30(31)26-10-12-27(38)13-11-26/h10-13,25,28-33H,6-9,14-24H2,1-5H3/t25?,28?,29-,30-,31-,32-,33?/m0/s1. The zero-order valence-corrected chi connectivity index (χ0v) is 30.0. The Labute approximate surface area is 286 Å². The van der Waals surface area contributed by atoms with Crippen LogP contribution in [-0.4, -0.2) is 131 Å². The van der Waals surface area contributed by atoms with Crippen LogP contribution in [0.25, 0.3) is 0 Å². The zero-order chi connectivity index (χ0) is 33.5. The van der Waals surface area contributed by atoms with Crippen molar-refractivity contribution in [3.05, 3.63) is 34.9 Å². The molecule has 10 heteroatoms. The van der Waals surface area contributed by atoms with Gasteiger partial charge in [-0.1, -0.05) is 30.7 Å². The molecule has 1 saturated carbocycles. The number of piperazine rings is 1. The maximum atomic E-state index is 15.0. The molecule has 1 aromatic rings. The molecule has 47 heavy (non-hydrogen) atoms. The third-order valence-corrected chi connectivity index (χ3v) is 12.0. The van der Waals surface area contributed by atoms with Gasteiger partial charge in [0.25, 0.3) is 5.91 Å². The molecule has 4 saturated heterocycles. The third kappa shape index (κ3) is 7.53.